The second-order valence-corrected chi connectivity index (χ2v) is 8.13. The minimum atomic E-state index is 0.241. The van der Waals surface area contributed by atoms with Crippen molar-refractivity contribution in [3.8, 4) is 0 Å². The molecule has 1 aromatic heterocycles. The van der Waals surface area contributed by atoms with Gasteiger partial charge in [-0.1, -0.05) is 13.8 Å². The van der Waals surface area contributed by atoms with Gasteiger partial charge in [0.2, 0.25) is 5.91 Å². The Morgan fingerprint density at radius 1 is 1.45 bits per heavy atom. The third kappa shape index (κ3) is 3.69. The second-order valence-electron chi connectivity index (χ2n) is 6.98. The summed E-state index contributed by atoms with van der Waals surface area (Å²) in [6.07, 6.45) is 6.86. The quantitative estimate of drug-likeness (QED) is 0.807. The van der Waals surface area contributed by atoms with E-state index < -0.39 is 0 Å². The normalized spacial score (nSPS) is 22.5. The summed E-state index contributed by atoms with van der Waals surface area (Å²) in [5, 5.41) is 1.22. The molecule has 2 fully saturated rings. The number of hydrogen-bond donors (Lipinski definition) is 0. The van der Waals surface area contributed by atoms with Crippen molar-refractivity contribution in [2.75, 3.05) is 13.1 Å². The summed E-state index contributed by atoms with van der Waals surface area (Å²) in [6.45, 7) is 9.14. The number of likely N-dealkylation sites (tertiary alicyclic amines) is 1. The van der Waals surface area contributed by atoms with Crippen molar-refractivity contribution in [1.82, 2.24) is 14.8 Å². The molecule has 1 unspecified atom stereocenters. The van der Waals surface area contributed by atoms with Gasteiger partial charge in [0.25, 0.3) is 0 Å². The molecule has 2 aliphatic rings. The fourth-order valence-corrected chi connectivity index (χ4v) is 4.25. The Kier molecular flexibility index (Phi) is 4.83. The molecule has 1 atom stereocenters. The monoisotopic (exact) mass is 321 g/mol. The average molecular weight is 321 g/mol. The van der Waals surface area contributed by atoms with E-state index >= 15 is 0 Å². The molecule has 0 N–H and O–H groups in total. The highest BCUT2D eigenvalue weighted by atomic mass is 32.1. The molecule has 5 heteroatoms. The lowest BCUT2D eigenvalue weighted by molar-refractivity contribution is -0.130. The van der Waals surface area contributed by atoms with Gasteiger partial charge in [-0.3, -0.25) is 9.69 Å². The van der Waals surface area contributed by atoms with Gasteiger partial charge in [0.05, 0.1) is 6.54 Å². The van der Waals surface area contributed by atoms with Gasteiger partial charge in [0.1, 0.15) is 5.01 Å². The van der Waals surface area contributed by atoms with E-state index in [1.165, 1.54) is 35.6 Å². The number of carbonyl (C=O) groups excluding carboxylic acids is 1. The molecule has 1 aliphatic carbocycles. The number of nitrogens with zero attached hydrogens (tertiary/aromatic N) is 3. The van der Waals surface area contributed by atoms with E-state index in [9.17, 15) is 4.79 Å². The number of thiazole rings is 1. The highest BCUT2D eigenvalue weighted by Gasteiger charge is 2.35. The van der Waals surface area contributed by atoms with Gasteiger partial charge in [-0.15, -0.1) is 11.3 Å². The first-order valence-electron chi connectivity index (χ1n) is 8.50. The van der Waals surface area contributed by atoms with E-state index in [4.69, 9.17) is 0 Å². The zero-order valence-electron chi connectivity index (χ0n) is 13.9. The molecular formula is C17H27N3OS. The van der Waals surface area contributed by atoms with Crippen molar-refractivity contribution in [1.29, 1.82) is 0 Å². The standard InChI is InChI=1S/C17H27N3OS/c1-12(2)16-9-18-17(22-16)11-19-8-4-5-15(19)10-20(13(3)21)14-6-7-14/h9,12,14-15H,4-8,10-11H2,1-3H3. The smallest absolute Gasteiger partial charge is 0.219 e. The summed E-state index contributed by atoms with van der Waals surface area (Å²) in [4.78, 5) is 22.4. The van der Waals surface area contributed by atoms with E-state index in [0.717, 1.165) is 19.6 Å². The molecule has 22 heavy (non-hydrogen) atoms. The van der Waals surface area contributed by atoms with Crippen LogP contribution in [0.2, 0.25) is 0 Å². The molecule has 1 aliphatic heterocycles. The lowest BCUT2D eigenvalue weighted by Gasteiger charge is -2.30. The van der Waals surface area contributed by atoms with Crippen LogP contribution >= 0.6 is 11.3 Å². The topological polar surface area (TPSA) is 36.4 Å². The molecule has 1 saturated carbocycles. The lowest BCUT2D eigenvalue weighted by Crippen LogP contribution is -2.43. The molecule has 1 amide bonds. The Hall–Kier alpha value is -0.940. The molecule has 1 saturated heterocycles. The second kappa shape index (κ2) is 6.67. The molecule has 4 nitrogen and oxygen atoms in total. The highest BCUT2D eigenvalue weighted by molar-refractivity contribution is 7.11. The van der Waals surface area contributed by atoms with E-state index in [1.807, 2.05) is 17.5 Å². The maximum atomic E-state index is 11.9. The zero-order valence-corrected chi connectivity index (χ0v) is 14.7. The fraction of sp³-hybridized carbons (Fsp3) is 0.765. The maximum Gasteiger partial charge on any atom is 0.219 e. The zero-order chi connectivity index (χ0) is 15.7. The molecule has 0 bridgehead atoms. The van der Waals surface area contributed by atoms with Crippen LogP contribution in [0.4, 0.5) is 0 Å². The first kappa shape index (κ1) is 15.9. The molecule has 3 rings (SSSR count). The summed E-state index contributed by atoms with van der Waals surface area (Å²) in [6, 6.07) is 1.03. The van der Waals surface area contributed by atoms with Gasteiger partial charge < -0.3 is 4.90 Å². The Labute approximate surface area is 137 Å². The van der Waals surface area contributed by atoms with E-state index in [-0.39, 0.29) is 5.91 Å². The van der Waals surface area contributed by atoms with Gasteiger partial charge in [0.15, 0.2) is 0 Å². The first-order valence-corrected chi connectivity index (χ1v) is 9.32. The molecule has 1 aromatic rings. The van der Waals surface area contributed by atoms with E-state index in [1.54, 1.807) is 6.92 Å². The van der Waals surface area contributed by atoms with Crippen LogP contribution in [0.15, 0.2) is 6.20 Å². The Morgan fingerprint density at radius 2 is 2.23 bits per heavy atom. The summed E-state index contributed by atoms with van der Waals surface area (Å²) in [5.41, 5.74) is 0. The van der Waals surface area contributed by atoms with E-state index in [0.29, 0.717) is 18.0 Å². The number of rotatable bonds is 6. The molecule has 2 heterocycles. The van der Waals surface area contributed by atoms with Gasteiger partial charge in [-0.2, -0.15) is 0 Å². The van der Waals surface area contributed by atoms with Crippen LogP contribution in [-0.4, -0.2) is 45.9 Å². The maximum absolute atomic E-state index is 11.9. The van der Waals surface area contributed by atoms with Gasteiger partial charge in [0, 0.05) is 36.6 Å². The highest BCUT2D eigenvalue weighted by Crippen LogP contribution is 2.30. The molecule has 0 radical (unpaired) electrons. The van der Waals surface area contributed by atoms with Crippen molar-refractivity contribution in [2.45, 2.75) is 71.0 Å². The number of carbonyl (C=O) groups is 1. The largest absolute Gasteiger partial charge is 0.338 e. The Bertz CT molecular complexity index is 524. The van der Waals surface area contributed by atoms with Crippen molar-refractivity contribution >= 4 is 17.2 Å². The van der Waals surface area contributed by atoms with Gasteiger partial charge >= 0.3 is 0 Å². The predicted molar refractivity (Wildman–Crippen MR) is 90.0 cm³/mol. The van der Waals surface area contributed by atoms with Crippen LogP contribution in [0.5, 0.6) is 0 Å². The summed E-state index contributed by atoms with van der Waals surface area (Å²) >= 11 is 1.84. The minimum absolute atomic E-state index is 0.241. The van der Waals surface area contributed by atoms with Crippen molar-refractivity contribution in [3.05, 3.63) is 16.1 Å². The number of aromatic nitrogens is 1. The van der Waals surface area contributed by atoms with Gasteiger partial charge in [-0.05, 0) is 38.1 Å². The van der Waals surface area contributed by atoms with Crippen LogP contribution in [0, 0.1) is 0 Å². The molecule has 0 spiro atoms. The molecule has 122 valence electrons. The predicted octanol–water partition coefficient (Wildman–Crippen LogP) is 3.24. The van der Waals surface area contributed by atoms with Crippen molar-refractivity contribution in [2.24, 2.45) is 0 Å². The van der Waals surface area contributed by atoms with Crippen LogP contribution in [-0.2, 0) is 11.3 Å². The summed E-state index contributed by atoms with van der Waals surface area (Å²) in [5.74, 6) is 0.800. The van der Waals surface area contributed by atoms with Gasteiger partial charge in [-0.25, -0.2) is 4.98 Å². The molecular weight excluding hydrogens is 294 g/mol. The lowest BCUT2D eigenvalue weighted by atomic mass is 10.2. The Morgan fingerprint density at radius 3 is 2.82 bits per heavy atom. The third-order valence-corrected chi connectivity index (χ3v) is 6.06. The third-order valence-electron chi connectivity index (χ3n) is 4.78. The van der Waals surface area contributed by atoms with Crippen molar-refractivity contribution < 1.29 is 4.79 Å². The van der Waals surface area contributed by atoms with Crippen molar-refractivity contribution in [3.63, 3.8) is 0 Å². The minimum Gasteiger partial charge on any atom is -0.338 e. The average Bonchev–Trinajstić information content (AvgIpc) is 3.02. The summed E-state index contributed by atoms with van der Waals surface area (Å²) in [7, 11) is 0. The first-order chi connectivity index (χ1) is 10.5. The SMILES string of the molecule is CC(=O)N(CC1CCCN1Cc1ncc(C(C)C)s1)C1CC1. The number of amides is 1. The molecule has 0 aromatic carbocycles. The summed E-state index contributed by atoms with van der Waals surface area (Å²) < 4.78 is 0. The van der Waals surface area contributed by atoms with Crippen LogP contribution in [0.3, 0.4) is 0 Å². The van der Waals surface area contributed by atoms with Crippen LogP contribution in [0.25, 0.3) is 0 Å². The van der Waals surface area contributed by atoms with Crippen LogP contribution < -0.4 is 0 Å². The number of hydrogen-bond acceptors (Lipinski definition) is 4. The Balaban J connectivity index is 1.61. The fourth-order valence-electron chi connectivity index (χ4n) is 3.30. The van der Waals surface area contributed by atoms with Crippen LogP contribution in [0.1, 0.15) is 62.3 Å². The van der Waals surface area contributed by atoms with E-state index in [2.05, 4.69) is 28.6 Å².